The molecule has 0 saturated heterocycles. The molecule has 0 saturated carbocycles. The van der Waals surface area contributed by atoms with Gasteiger partial charge in [-0.15, -0.1) is 11.3 Å². The first-order chi connectivity index (χ1) is 9.08. The van der Waals surface area contributed by atoms with Crippen LogP contribution < -0.4 is 5.32 Å². The number of amides is 1. The molecule has 1 amide bonds. The molecular weight excluding hydrogens is 258 g/mol. The van der Waals surface area contributed by atoms with E-state index in [9.17, 15) is 4.79 Å². The molecule has 100 valence electrons. The van der Waals surface area contributed by atoms with Crippen LogP contribution in [-0.4, -0.2) is 29.9 Å². The molecule has 0 fully saturated rings. The van der Waals surface area contributed by atoms with Gasteiger partial charge < -0.3 is 10.2 Å². The summed E-state index contributed by atoms with van der Waals surface area (Å²) < 4.78 is 0. The van der Waals surface area contributed by atoms with Gasteiger partial charge in [-0.1, -0.05) is 6.07 Å². The highest BCUT2D eigenvalue weighted by Crippen LogP contribution is 2.19. The largest absolute Gasteiger partial charge is 0.378 e. The summed E-state index contributed by atoms with van der Waals surface area (Å²) in [6.07, 6.45) is 1.79. The van der Waals surface area contributed by atoms with Gasteiger partial charge in [-0.05, 0) is 24.6 Å². The van der Waals surface area contributed by atoms with E-state index in [0.29, 0.717) is 12.1 Å². The van der Waals surface area contributed by atoms with E-state index < -0.39 is 0 Å². The summed E-state index contributed by atoms with van der Waals surface area (Å²) in [5, 5.41) is 6.31. The van der Waals surface area contributed by atoms with Crippen LogP contribution in [0, 0.1) is 6.92 Å². The van der Waals surface area contributed by atoms with E-state index in [-0.39, 0.29) is 5.91 Å². The number of thiazole rings is 1. The van der Waals surface area contributed by atoms with Gasteiger partial charge in [-0.2, -0.15) is 0 Å². The van der Waals surface area contributed by atoms with Crippen molar-refractivity contribution in [3.05, 3.63) is 45.9 Å². The topological polar surface area (TPSA) is 45.2 Å². The minimum Gasteiger partial charge on any atom is -0.378 e. The van der Waals surface area contributed by atoms with E-state index in [1.807, 2.05) is 30.5 Å². The third-order valence-electron chi connectivity index (χ3n) is 2.80. The zero-order chi connectivity index (χ0) is 13.8. The zero-order valence-electron chi connectivity index (χ0n) is 11.3. The Bertz CT molecular complexity index is 564. The fourth-order valence-electron chi connectivity index (χ4n) is 1.71. The summed E-state index contributed by atoms with van der Waals surface area (Å²) in [5.74, 6) is 0.0114. The van der Waals surface area contributed by atoms with Gasteiger partial charge in [0, 0.05) is 36.9 Å². The highest BCUT2D eigenvalue weighted by atomic mass is 32.1. The second kappa shape index (κ2) is 5.84. The summed E-state index contributed by atoms with van der Waals surface area (Å²) in [6, 6.07) is 5.71. The van der Waals surface area contributed by atoms with Crippen LogP contribution >= 0.6 is 11.3 Å². The predicted octanol–water partition coefficient (Wildman–Crippen LogP) is 2.77. The molecule has 1 N–H and O–H groups in total. The summed E-state index contributed by atoms with van der Waals surface area (Å²) in [6.45, 7) is 2.70. The van der Waals surface area contributed by atoms with E-state index >= 15 is 0 Å². The molecule has 2 rings (SSSR count). The Morgan fingerprint density at radius 1 is 1.42 bits per heavy atom. The molecule has 0 aliphatic rings. The molecule has 0 unspecified atom stereocenters. The first-order valence-electron chi connectivity index (χ1n) is 6.02. The smallest absolute Gasteiger partial charge is 0.253 e. The van der Waals surface area contributed by atoms with Crippen molar-refractivity contribution in [2.45, 2.75) is 13.5 Å². The molecule has 19 heavy (non-hydrogen) atoms. The van der Waals surface area contributed by atoms with E-state index in [1.165, 1.54) is 0 Å². The number of carbonyl (C=O) groups excluding carboxylic acids is 1. The molecule has 0 bridgehead atoms. The number of aromatic nitrogens is 1. The number of hydrogen-bond acceptors (Lipinski definition) is 4. The van der Waals surface area contributed by atoms with Gasteiger partial charge in [-0.25, -0.2) is 4.98 Å². The minimum atomic E-state index is 0.0114. The molecule has 0 aliphatic heterocycles. The van der Waals surface area contributed by atoms with Crippen LogP contribution in [0.15, 0.2) is 29.8 Å². The van der Waals surface area contributed by atoms with Crippen molar-refractivity contribution in [2.75, 3.05) is 19.4 Å². The maximum absolute atomic E-state index is 11.9. The molecule has 2 aromatic rings. The highest BCUT2D eigenvalue weighted by Gasteiger charge is 2.10. The minimum absolute atomic E-state index is 0.0114. The number of rotatable bonds is 4. The van der Waals surface area contributed by atoms with Gasteiger partial charge in [0.15, 0.2) is 0 Å². The van der Waals surface area contributed by atoms with Gasteiger partial charge in [0.1, 0.15) is 5.01 Å². The standard InChI is InChI=1S/C14H17N3OS/c1-10-4-5-11(14(18)17(2)3)8-12(10)16-9-13-15-6-7-19-13/h4-8,16H,9H2,1-3H3. The van der Waals surface area contributed by atoms with Crippen LogP contribution in [0.4, 0.5) is 5.69 Å². The van der Waals surface area contributed by atoms with Crippen molar-refractivity contribution in [3.63, 3.8) is 0 Å². The van der Waals surface area contributed by atoms with Crippen LogP contribution in [0.25, 0.3) is 0 Å². The van der Waals surface area contributed by atoms with Gasteiger partial charge in [0.05, 0.1) is 6.54 Å². The normalized spacial score (nSPS) is 10.3. The maximum Gasteiger partial charge on any atom is 0.253 e. The molecule has 1 aromatic heterocycles. The van der Waals surface area contributed by atoms with Gasteiger partial charge in [0.2, 0.25) is 0 Å². The summed E-state index contributed by atoms with van der Waals surface area (Å²) >= 11 is 1.61. The molecule has 4 nitrogen and oxygen atoms in total. The lowest BCUT2D eigenvalue weighted by molar-refractivity contribution is 0.0827. The van der Waals surface area contributed by atoms with Crippen molar-refractivity contribution in [1.29, 1.82) is 0 Å². The average molecular weight is 275 g/mol. The Morgan fingerprint density at radius 2 is 2.21 bits per heavy atom. The number of benzene rings is 1. The van der Waals surface area contributed by atoms with Crippen molar-refractivity contribution >= 4 is 22.9 Å². The summed E-state index contributed by atoms with van der Waals surface area (Å²) in [7, 11) is 3.51. The summed E-state index contributed by atoms with van der Waals surface area (Å²) in [5.41, 5.74) is 2.78. The Hall–Kier alpha value is -1.88. The Morgan fingerprint density at radius 3 is 2.84 bits per heavy atom. The molecule has 0 radical (unpaired) electrons. The van der Waals surface area contributed by atoms with E-state index in [2.05, 4.69) is 10.3 Å². The van der Waals surface area contributed by atoms with E-state index in [4.69, 9.17) is 0 Å². The molecule has 0 aliphatic carbocycles. The van der Waals surface area contributed by atoms with Crippen molar-refractivity contribution < 1.29 is 4.79 Å². The Labute approximate surface area is 117 Å². The Balaban J connectivity index is 2.15. The van der Waals surface area contributed by atoms with Crippen molar-refractivity contribution in [1.82, 2.24) is 9.88 Å². The number of carbonyl (C=O) groups is 1. The summed E-state index contributed by atoms with van der Waals surface area (Å²) in [4.78, 5) is 17.7. The van der Waals surface area contributed by atoms with E-state index in [0.717, 1.165) is 16.3 Å². The van der Waals surface area contributed by atoms with Crippen LogP contribution in [0.5, 0.6) is 0 Å². The van der Waals surface area contributed by atoms with E-state index in [1.54, 1.807) is 36.5 Å². The molecule has 1 aromatic carbocycles. The monoisotopic (exact) mass is 275 g/mol. The first-order valence-corrected chi connectivity index (χ1v) is 6.90. The molecular formula is C14H17N3OS. The third-order valence-corrected chi connectivity index (χ3v) is 3.58. The average Bonchev–Trinajstić information content (AvgIpc) is 2.90. The SMILES string of the molecule is Cc1ccc(C(=O)N(C)C)cc1NCc1nccs1. The van der Waals surface area contributed by atoms with Crippen LogP contribution in [0.3, 0.4) is 0 Å². The number of nitrogens with zero attached hydrogens (tertiary/aromatic N) is 2. The lowest BCUT2D eigenvalue weighted by Gasteiger charge is -2.13. The van der Waals surface area contributed by atoms with Crippen molar-refractivity contribution in [2.24, 2.45) is 0 Å². The van der Waals surface area contributed by atoms with Gasteiger partial charge in [-0.3, -0.25) is 4.79 Å². The lowest BCUT2D eigenvalue weighted by Crippen LogP contribution is -2.21. The number of hydrogen-bond donors (Lipinski definition) is 1. The number of aryl methyl sites for hydroxylation is 1. The highest BCUT2D eigenvalue weighted by molar-refractivity contribution is 7.09. The van der Waals surface area contributed by atoms with Gasteiger partial charge >= 0.3 is 0 Å². The predicted molar refractivity (Wildman–Crippen MR) is 78.6 cm³/mol. The number of nitrogens with one attached hydrogen (secondary N) is 1. The number of anilines is 1. The van der Waals surface area contributed by atoms with Crippen LogP contribution in [0.1, 0.15) is 20.9 Å². The molecule has 0 spiro atoms. The quantitative estimate of drug-likeness (QED) is 0.933. The lowest BCUT2D eigenvalue weighted by atomic mass is 10.1. The molecule has 5 heteroatoms. The second-order valence-electron chi connectivity index (χ2n) is 4.51. The maximum atomic E-state index is 11.9. The first kappa shape index (κ1) is 13.5. The second-order valence-corrected chi connectivity index (χ2v) is 5.49. The van der Waals surface area contributed by atoms with Crippen molar-refractivity contribution in [3.8, 4) is 0 Å². The fourth-order valence-corrected chi connectivity index (χ4v) is 2.27. The zero-order valence-corrected chi connectivity index (χ0v) is 12.1. The van der Waals surface area contributed by atoms with Crippen LogP contribution in [-0.2, 0) is 6.54 Å². The molecule has 0 atom stereocenters. The van der Waals surface area contributed by atoms with Crippen LogP contribution in [0.2, 0.25) is 0 Å². The Kier molecular flexibility index (Phi) is 4.16. The molecule has 1 heterocycles. The van der Waals surface area contributed by atoms with Gasteiger partial charge in [0.25, 0.3) is 5.91 Å². The fraction of sp³-hybridized carbons (Fsp3) is 0.286. The third kappa shape index (κ3) is 3.32.